The highest BCUT2D eigenvalue weighted by molar-refractivity contribution is 6.30. The minimum absolute atomic E-state index is 0.788. The number of benzene rings is 2. The lowest BCUT2D eigenvalue weighted by atomic mass is 10.0. The fourth-order valence-electron chi connectivity index (χ4n) is 2.88. The van der Waals surface area contributed by atoms with Crippen LogP contribution in [0.3, 0.4) is 0 Å². The summed E-state index contributed by atoms with van der Waals surface area (Å²) >= 11 is 5.93. The molecule has 2 rings (SSSR count). The summed E-state index contributed by atoms with van der Waals surface area (Å²) in [5, 5.41) is 0.788. The largest absolute Gasteiger partial charge is 0.381 e. The molecule has 0 radical (unpaired) electrons. The van der Waals surface area contributed by atoms with Crippen molar-refractivity contribution in [3.8, 4) is 0 Å². The summed E-state index contributed by atoms with van der Waals surface area (Å²) in [6.45, 7) is 9.45. The molecule has 0 saturated heterocycles. The molecule has 0 aromatic heterocycles. The quantitative estimate of drug-likeness (QED) is 0.510. The zero-order valence-electron chi connectivity index (χ0n) is 15.5. The van der Waals surface area contributed by atoms with E-state index in [1.807, 2.05) is 12.1 Å². The van der Waals surface area contributed by atoms with Crippen LogP contribution in [0, 0.1) is 0 Å². The van der Waals surface area contributed by atoms with Gasteiger partial charge >= 0.3 is 0 Å². The fourth-order valence-corrected chi connectivity index (χ4v) is 3.01. The van der Waals surface area contributed by atoms with Crippen molar-refractivity contribution >= 4 is 11.6 Å². The molecular weight excluding hydrogens is 330 g/mol. The lowest BCUT2D eigenvalue weighted by molar-refractivity contribution is 0.124. The third kappa shape index (κ3) is 7.60. The zero-order valence-corrected chi connectivity index (χ0v) is 16.3. The Balaban J connectivity index is 1.65. The zero-order chi connectivity index (χ0) is 17.9. The molecule has 0 saturated carbocycles. The van der Waals surface area contributed by atoms with Crippen LogP contribution < -0.4 is 0 Å². The molecule has 2 nitrogen and oxygen atoms in total. The van der Waals surface area contributed by atoms with Gasteiger partial charge in [0.05, 0.1) is 6.61 Å². The van der Waals surface area contributed by atoms with E-state index in [0.29, 0.717) is 0 Å². The van der Waals surface area contributed by atoms with E-state index >= 15 is 0 Å². The van der Waals surface area contributed by atoms with E-state index in [9.17, 15) is 0 Å². The molecule has 0 atom stereocenters. The van der Waals surface area contributed by atoms with E-state index in [4.69, 9.17) is 16.3 Å². The summed E-state index contributed by atoms with van der Waals surface area (Å²) in [7, 11) is 0. The molecule has 0 bridgehead atoms. The van der Waals surface area contributed by atoms with E-state index < -0.39 is 0 Å². The molecule has 0 heterocycles. The lowest BCUT2D eigenvalue weighted by Gasteiger charge is -2.17. The van der Waals surface area contributed by atoms with Crippen molar-refractivity contribution in [2.75, 3.05) is 32.8 Å². The van der Waals surface area contributed by atoms with Crippen LogP contribution in [0.2, 0.25) is 5.02 Å². The molecule has 0 amide bonds. The van der Waals surface area contributed by atoms with Gasteiger partial charge in [-0.05, 0) is 61.2 Å². The molecule has 25 heavy (non-hydrogen) atoms. The Hall–Kier alpha value is -1.35. The normalized spacial score (nSPS) is 11.2. The maximum Gasteiger partial charge on any atom is 0.0506 e. The van der Waals surface area contributed by atoms with Gasteiger partial charge in [0.15, 0.2) is 0 Å². The van der Waals surface area contributed by atoms with E-state index in [-0.39, 0.29) is 0 Å². The maximum absolute atomic E-state index is 5.93. The number of rotatable bonds is 11. The molecule has 0 spiro atoms. The van der Waals surface area contributed by atoms with E-state index in [1.54, 1.807) is 0 Å². The summed E-state index contributed by atoms with van der Waals surface area (Å²) in [6, 6.07) is 16.9. The van der Waals surface area contributed by atoms with Crippen LogP contribution in [0.4, 0.5) is 0 Å². The second-order valence-electron chi connectivity index (χ2n) is 6.36. The monoisotopic (exact) mass is 359 g/mol. The minimum Gasteiger partial charge on any atom is -0.381 e. The van der Waals surface area contributed by atoms with Crippen LogP contribution >= 0.6 is 11.6 Å². The van der Waals surface area contributed by atoms with E-state index in [1.165, 1.54) is 16.7 Å². The summed E-state index contributed by atoms with van der Waals surface area (Å²) < 4.78 is 5.77. The predicted molar refractivity (Wildman–Crippen MR) is 108 cm³/mol. The van der Waals surface area contributed by atoms with Crippen molar-refractivity contribution in [1.82, 2.24) is 4.90 Å². The van der Waals surface area contributed by atoms with Gasteiger partial charge in [0.1, 0.15) is 0 Å². The van der Waals surface area contributed by atoms with Gasteiger partial charge in [-0.15, -0.1) is 0 Å². The minimum atomic E-state index is 0.788. The van der Waals surface area contributed by atoms with Gasteiger partial charge < -0.3 is 9.64 Å². The number of hydrogen-bond acceptors (Lipinski definition) is 2. The van der Waals surface area contributed by atoms with Crippen molar-refractivity contribution in [2.45, 2.75) is 33.1 Å². The summed E-state index contributed by atoms with van der Waals surface area (Å²) in [4.78, 5) is 2.43. The first kappa shape index (κ1) is 20.0. The molecular formula is C22H30ClNO. The van der Waals surface area contributed by atoms with E-state index in [2.05, 4.69) is 55.1 Å². The average molecular weight is 360 g/mol. The number of nitrogens with zero attached hydrogens (tertiary/aromatic N) is 1. The maximum atomic E-state index is 5.93. The lowest BCUT2D eigenvalue weighted by Crippen LogP contribution is -2.24. The molecule has 0 aliphatic heterocycles. The van der Waals surface area contributed by atoms with Gasteiger partial charge in [-0.25, -0.2) is 0 Å². The molecule has 2 aromatic carbocycles. The Morgan fingerprint density at radius 3 is 1.96 bits per heavy atom. The summed E-state index contributed by atoms with van der Waals surface area (Å²) in [5.41, 5.74) is 3.95. The molecule has 0 aliphatic rings. The Kier molecular flexibility index (Phi) is 9.03. The first-order chi connectivity index (χ1) is 12.2. The van der Waals surface area contributed by atoms with Crippen LogP contribution in [0.15, 0.2) is 48.5 Å². The number of hydrogen-bond donors (Lipinski definition) is 0. The molecule has 0 fully saturated rings. The second kappa shape index (κ2) is 11.3. The second-order valence-corrected chi connectivity index (χ2v) is 6.80. The predicted octanol–water partition coefficient (Wildman–Crippen LogP) is 5.22. The van der Waals surface area contributed by atoms with Crippen LogP contribution in [0.1, 0.15) is 37.0 Å². The van der Waals surface area contributed by atoms with Gasteiger partial charge in [0, 0.05) is 18.2 Å². The molecule has 2 aromatic rings. The summed E-state index contributed by atoms with van der Waals surface area (Å²) in [6.07, 6.45) is 3.04. The summed E-state index contributed by atoms with van der Waals surface area (Å²) in [5.74, 6) is 0. The Morgan fingerprint density at radius 1 is 0.800 bits per heavy atom. The van der Waals surface area contributed by atoms with Crippen molar-refractivity contribution < 1.29 is 4.74 Å². The highest BCUT2D eigenvalue weighted by Gasteiger charge is 2.00. The average Bonchev–Trinajstić information content (AvgIpc) is 2.64. The molecule has 3 heteroatoms. The van der Waals surface area contributed by atoms with Crippen LogP contribution in [0.5, 0.6) is 0 Å². The highest BCUT2D eigenvalue weighted by Crippen LogP contribution is 2.14. The first-order valence-corrected chi connectivity index (χ1v) is 9.71. The highest BCUT2D eigenvalue weighted by atomic mass is 35.5. The Labute approximate surface area is 157 Å². The molecule has 0 unspecified atom stereocenters. The fraction of sp³-hybridized carbons (Fsp3) is 0.455. The Bertz CT molecular complexity index is 590. The van der Waals surface area contributed by atoms with Crippen molar-refractivity contribution in [2.24, 2.45) is 0 Å². The SMILES string of the molecule is CCN(CC)CCCOCCc1ccc(Cc2ccc(Cl)cc2)cc1. The van der Waals surface area contributed by atoms with Crippen molar-refractivity contribution in [3.63, 3.8) is 0 Å². The molecule has 0 N–H and O–H groups in total. The van der Waals surface area contributed by atoms with E-state index in [0.717, 1.165) is 57.1 Å². The number of ether oxygens (including phenoxy) is 1. The van der Waals surface area contributed by atoms with Gasteiger partial charge in [-0.3, -0.25) is 0 Å². The van der Waals surface area contributed by atoms with Gasteiger partial charge in [-0.1, -0.05) is 61.8 Å². The molecule has 0 aliphatic carbocycles. The van der Waals surface area contributed by atoms with Crippen LogP contribution in [0.25, 0.3) is 0 Å². The van der Waals surface area contributed by atoms with Gasteiger partial charge in [0.2, 0.25) is 0 Å². The van der Waals surface area contributed by atoms with Crippen LogP contribution in [-0.4, -0.2) is 37.7 Å². The number of halogens is 1. The first-order valence-electron chi connectivity index (χ1n) is 9.33. The van der Waals surface area contributed by atoms with Gasteiger partial charge in [-0.2, -0.15) is 0 Å². The standard InChI is InChI=1S/C22H30ClNO/c1-3-24(4-2)15-5-16-25-17-14-19-6-8-20(9-7-19)18-21-10-12-22(23)13-11-21/h6-13H,3-5,14-18H2,1-2H3. The van der Waals surface area contributed by atoms with Gasteiger partial charge in [0.25, 0.3) is 0 Å². The van der Waals surface area contributed by atoms with Crippen LogP contribution in [-0.2, 0) is 17.6 Å². The van der Waals surface area contributed by atoms with Crippen molar-refractivity contribution in [3.05, 3.63) is 70.2 Å². The third-order valence-electron chi connectivity index (χ3n) is 4.54. The Morgan fingerprint density at radius 2 is 1.36 bits per heavy atom. The topological polar surface area (TPSA) is 12.5 Å². The molecule has 136 valence electrons. The van der Waals surface area contributed by atoms with Crippen molar-refractivity contribution in [1.29, 1.82) is 0 Å². The smallest absolute Gasteiger partial charge is 0.0506 e. The third-order valence-corrected chi connectivity index (χ3v) is 4.79.